The first-order valence-corrected chi connectivity index (χ1v) is 10.2. The lowest BCUT2D eigenvalue weighted by molar-refractivity contribution is 0.0284. The molecule has 3 rings (SSSR count). The molecule has 4 nitrogen and oxygen atoms in total. The van der Waals surface area contributed by atoms with Gasteiger partial charge in [-0.15, -0.1) is 0 Å². The molecular weight excluding hydrogens is 330 g/mol. The van der Waals surface area contributed by atoms with E-state index in [-0.39, 0.29) is 0 Å². The van der Waals surface area contributed by atoms with Gasteiger partial charge in [0.15, 0.2) is 5.11 Å². The summed E-state index contributed by atoms with van der Waals surface area (Å²) in [4.78, 5) is 2.75. The van der Waals surface area contributed by atoms with Crippen LogP contribution in [0.4, 0.5) is 5.69 Å². The van der Waals surface area contributed by atoms with E-state index in [1.54, 1.807) is 0 Å². The van der Waals surface area contributed by atoms with E-state index in [1.165, 1.54) is 45.1 Å². The minimum atomic E-state index is 0.475. The molecule has 1 aromatic rings. The summed E-state index contributed by atoms with van der Waals surface area (Å²) >= 11 is 5.58. The van der Waals surface area contributed by atoms with Crippen LogP contribution < -0.4 is 15.4 Å². The molecule has 2 atom stereocenters. The van der Waals surface area contributed by atoms with E-state index in [0.29, 0.717) is 17.8 Å². The second kappa shape index (κ2) is 8.86. The Hall–Kier alpha value is -1.33. The maximum absolute atomic E-state index is 5.67. The molecule has 0 saturated carbocycles. The van der Waals surface area contributed by atoms with E-state index in [0.717, 1.165) is 23.5 Å². The fourth-order valence-corrected chi connectivity index (χ4v) is 4.69. The summed E-state index contributed by atoms with van der Waals surface area (Å²) in [5, 5.41) is 7.60. The van der Waals surface area contributed by atoms with Gasteiger partial charge in [0.1, 0.15) is 5.75 Å². The van der Waals surface area contributed by atoms with Gasteiger partial charge in [-0.1, -0.05) is 25.5 Å². The number of ether oxygens (including phenoxy) is 1. The van der Waals surface area contributed by atoms with Gasteiger partial charge in [-0.05, 0) is 69.9 Å². The molecule has 2 fully saturated rings. The second-order valence-electron chi connectivity index (χ2n) is 7.17. The summed E-state index contributed by atoms with van der Waals surface area (Å²) in [6, 6.07) is 9.90. The number of thiocarbonyl (C=S) groups is 1. The van der Waals surface area contributed by atoms with Crippen molar-refractivity contribution in [2.45, 2.75) is 70.5 Å². The monoisotopic (exact) mass is 361 g/mol. The maximum atomic E-state index is 5.67. The summed E-state index contributed by atoms with van der Waals surface area (Å²) in [7, 11) is 0. The molecule has 138 valence electrons. The third-order valence-corrected chi connectivity index (χ3v) is 5.60. The van der Waals surface area contributed by atoms with Crippen molar-refractivity contribution in [3.05, 3.63) is 24.3 Å². The van der Waals surface area contributed by atoms with Crippen molar-refractivity contribution in [2.75, 3.05) is 18.5 Å². The number of hydrogen-bond donors (Lipinski definition) is 2. The van der Waals surface area contributed by atoms with Crippen molar-refractivity contribution >= 4 is 23.0 Å². The van der Waals surface area contributed by atoms with Gasteiger partial charge in [0, 0.05) is 18.1 Å². The lowest BCUT2D eigenvalue weighted by Crippen LogP contribution is -2.57. The molecule has 5 heteroatoms. The van der Waals surface area contributed by atoms with Crippen LogP contribution in [0.2, 0.25) is 0 Å². The summed E-state index contributed by atoms with van der Waals surface area (Å²) in [6.07, 6.45) is 7.70. The highest BCUT2D eigenvalue weighted by molar-refractivity contribution is 7.80. The Morgan fingerprint density at radius 3 is 2.60 bits per heavy atom. The third-order valence-electron chi connectivity index (χ3n) is 5.38. The second-order valence-corrected chi connectivity index (χ2v) is 7.58. The lowest BCUT2D eigenvalue weighted by Gasteiger charge is -2.49. The lowest BCUT2D eigenvalue weighted by atomic mass is 9.81. The quantitative estimate of drug-likeness (QED) is 0.744. The molecule has 25 heavy (non-hydrogen) atoms. The number of anilines is 1. The molecule has 2 aliphatic heterocycles. The van der Waals surface area contributed by atoms with Crippen molar-refractivity contribution in [3.63, 3.8) is 0 Å². The van der Waals surface area contributed by atoms with Crippen LogP contribution in [-0.2, 0) is 0 Å². The number of fused-ring (bicyclic) bond motifs is 2. The number of nitrogens with zero attached hydrogens (tertiary/aromatic N) is 1. The summed E-state index contributed by atoms with van der Waals surface area (Å²) < 4.78 is 5.67. The molecule has 2 unspecified atom stereocenters. The minimum Gasteiger partial charge on any atom is -0.492 e. The zero-order chi connectivity index (χ0) is 17.6. The summed E-state index contributed by atoms with van der Waals surface area (Å²) in [5.74, 6) is 0.851. The van der Waals surface area contributed by atoms with Gasteiger partial charge in [0.05, 0.1) is 12.3 Å². The van der Waals surface area contributed by atoms with Crippen LogP contribution in [0.15, 0.2) is 24.3 Å². The molecule has 0 amide bonds. The Bertz CT molecular complexity index is 566. The number of hydrogen-bond acceptors (Lipinski definition) is 3. The predicted octanol–water partition coefficient (Wildman–Crippen LogP) is 4.17. The van der Waals surface area contributed by atoms with E-state index in [1.807, 2.05) is 31.2 Å². The molecule has 0 aromatic heterocycles. The third kappa shape index (κ3) is 4.64. The topological polar surface area (TPSA) is 36.5 Å². The number of nitrogens with one attached hydrogen (secondary N) is 2. The van der Waals surface area contributed by atoms with Gasteiger partial charge in [-0.25, -0.2) is 0 Å². The van der Waals surface area contributed by atoms with E-state index in [9.17, 15) is 0 Å². The predicted molar refractivity (Wildman–Crippen MR) is 108 cm³/mol. The Kier molecular flexibility index (Phi) is 6.54. The van der Waals surface area contributed by atoms with Gasteiger partial charge in [0.2, 0.25) is 0 Å². The zero-order valence-corrected chi connectivity index (χ0v) is 16.3. The van der Waals surface area contributed by atoms with Gasteiger partial charge >= 0.3 is 0 Å². The molecule has 0 spiro atoms. The Labute approximate surface area is 157 Å². The van der Waals surface area contributed by atoms with Gasteiger partial charge in [0.25, 0.3) is 0 Å². The zero-order valence-electron chi connectivity index (χ0n) is 15.5. The maximum Gasteiger partial charge on any atom is 0.171 e. The van der Waals surface area contributed by atoms with Gasteiger partial charge in [-0.2, -0.15) is 0 Å². The standard InChI is InChI=1S/C20H31N3OS/c1-3-12-23-16-8-7-9-17(23)14-15(13-16)21-20(25)22-18-10-5-6-11-19(18)24-4-2/h5-6,10-11,15-17H,3-4,7-9,12-14H2,1-2H3,(H2,21,22,25). The van der Waals surface area contributed by atoms with E-state index in [4.69, 9.17) is 17.0 Å². The van der Waals surface area contributed by atoms with Gasteiger partial charge < -0.3 is 15.4 Å². The molecule has 2 aliphatic rings. The van der Waals surface area contributed by atoms with Crippen LogP contribution in [0.5, 0.6) is 5.75 Å². The van der Waals surface area contributed by atoms with E-state index >= 15 is 0 Å². The first kappa shape index (κ1) is 18.5. The molecule has 0 radical (unpaired) electrons. The van der Waals surface area contributed by atoms with Crippen LogP contribution >= 0.6 is 12.2 Å². The fourth-order valence-electron chi connectivity index (χ4n) is 4.41. The number of benzene rings is 1. The molecule has 2 bridgehead atoms. The molecule has 2 heterocycles. The van der Waals surface area contributed by atoms with E-state index in [2.05, 4.69) is 22.5 Å². The molecule has 0 aliphatic carbocycles. The van der Waals surface area contributed by atoms with Crippen molar-refractivity contribution in [2.24, 2.45) is 0 Å². The average molecular weight is 362 g/mol. The molecule has 2 saturated heterocycles. The fraction of sp³-hybridized carbons (Fsp3) is 0.650. The SMILES string of the molecule is CCCN1C2CCCC1CC(NC(=S)Nc1ccccc1OCC)C2. The Morgan fingerprint density at radius 1 is 1.20 bits per heavy atom. The number of para-hydroxylation sites is 2. The highest BCUT2D eigenvalue weighted by Gasteiger charge is 2.37. The van der Waals surface area contributed by atoms with Crippen molar-refractivity contribution in [1.82, 2.24) is 10.2 Å². The normalized spacial score (nSPS) is 26.1. The van der Waals surface area contributed by atoms with Crippen LogP contribution in [0, 0.1) is 0 Å². The molecular formula is C20H31N3OS. The smallest absolute Gasteiger partial charge is 0.171 e. The first-order valence-electron chi connectivity index (χ1n) is 9.76. The minimum absolute atomic E-state index is 0.475. The van der Waals surface area contributed by atoms with Gasteiger partial charge in [-0.3, -0.25) is 4.90 Å². The molecule has 1 aromatic carbocycles. The highest BCUT2D eigenvalue weighted by Crippen LogP contribution is 2.34. The summed E-state index contributed by atoms with van der Waals surface area (Å²) in [5.41, 5.74) is 0.936. The highest BCUT2D eigenvalue weighted by atomic mass is 32.1. The van der Waals surface area contributed by atoms with Crippen LogP contribution in [0.1, 0.15) is 52.4 Å². The van der Waals surface area contributed by atoms with Crippen LogP contribution in [0.3, 0.4) is 0 Å². The van der Waals surface area contributed by atoms with Crippen molar-refractivity contribution in [3.8, 4) is 5.75 Å². The average Bonchev–Trinajstić information content (AvgIpc) is 2.58. The van der Waals surface area contributed by atoms with Crippen LogP contribution in [-0.4, -0.2) is 41.3 Å². The number of rotatable bonds is 6. The van der Waals surface area contributed by atoms with Crippen LogP contribution in [0.25, 0.3) is 0 Å². The van der Waals surface area contributed by atoms with Crippen molar-refractivity contribution in [1.29, 1.82) is 0 Å². The number of piperidine rings is 2. The Balaban J connectivity index is 1.57. The first-order chi connectivity index (χ1) is 12.2. The van der Waals surface area contributed by atoms with Crippen molar-refractivity contribution < 1.29 is 4.74 Å². The molecule has 2 N–H and O–H groups in total. The summed E-state index contributed by atoms with van der Waals surface area (Å²) in [6.45, 7) is 6.18. The van der Waals surface area contributed by atoms with E-state index < -0.39 is 0 Å². The Morgan fingerprint density at radius 2 is 1.92 bits per heavy atom. The largest absolute Gasteiger partial charge is 0.492 e.